The minimum Gasteiger partial charge on any atom is -0.465 e. The summed E-state index contributed by atoms with van der Waals surface area (Å²) in [5, 5.41) is 17.8. The molecular weight excluding hydrogens is 568 g/mol. The first-order chi connectivity index (χ1) is 21.8. The molecule has 4 aromatic rings. The molecule has 1 saturated heterocycles. The first-order valence-electron chi connectivity index (χ1n) is 15.9. The lowest BCUT2D eigenvalue weighted by atomic mass is 9.87. The van der Waals surface area contributed by atoms with Crippen LogP contribution in [0.4, 0.5) is 16.4 Å². The van der Waals surface area contributed by atoms with Crippen LogP contribution in [0, 0.1) is 18.8 Å². The number of hydrogen-bond donors (Lipinski definition) is 3. The molecule has 3 N–H and O–H groups in total. The summed E-state index contributed by atoms with van der Waals surface area (Å²) in [6.07, 6.45) is 9.74. The van der Waals surface area contributed by atoms with Crippen LogP contribution in [0.5, 0.6) is 11.6 Å². The Morgan fingerprint density at radius 3 is 2.64 bits per heavy atom. The molecule has 0 spiro atoms. The fraction of sp³-hybridized carbons (Fsp3) is 0.400. The molecule has 1 saturated carbocycles. The summed E-state index contributed by atoms with van der Waals surface area (Å²) in [7, 11) is 0. The number of ether oxygens (including phenoxy) is 1. The van der Waals surface area contributed by atoms with Gasteiger partial charge in [0, 0.05) is 54.4 Å². The summed E-state index contributed by atoms with van der Waals surface area (Å²) in [5.74, 6) is 2.21. The number of rotatable bonds is 8. The van der Waals surface area contributed by atoms with Crippen LogP contribution in [-0.2, 0) is 4.79 Å². The predicted octanol–water partition coefficient (Wildman–Crippen LogP) is 7.50. The molecule has 10 nitrogen and oxygen atoms in total. The number of nitrogens with one attached hydrogen (secondary N) is 2. The Balaban J connectivity index is 1.24. The molecular formula is C35H40N6O4. The Kier molecular flexibility index (Phi) is 9.09. The number of aromatic nitrogens is 3. The molecule has 2 atom stereocenters. The zero-order valence-corrected chi connectivity index (χ0v) is 25.8. The maximum absolute atomic E-state index is 13.0. The Morgan fingerprint density at radius 2 is 1.82 bits per heavy atom. The van der Waals surface area contributed by atoms with Crippen molar-refractivity contribution < 1.29 is 19.4 Å². The highest BCUT2D eigenvalue weighted by Crippen LogP contribution is 2.39. The number of benzene rings is 2. The monoisotopic (exact) mass is 608 g/mol. The lowest BCUT2D eigenvalue weighted by Crippen LogP contribution is -2.47. The van der Waals surface area contributed by atoms with Crippen molar-refractivity contribution in [3.05, 3.63) is 66.5 Å². The second-order valence-corrected chi connectivity index (χ2v) is 12.5. The van der Waals surface area contributed by atoms with Gasteiger partial charge in [0.15, 0.2) is 0 Å². The van der Waals surface area contributed by atoms with Gasteiger partial charge in [0.25, 0.3) is 0 Å². The van der Waals surface area contributed by atoms with Crippen LogP contribution < -0.4 is 15.4 Å². The van der Waals surface area contributed by atoms with Gasteiger partial charge in [0.2, 0.25) is 17.7 Å². The van der Waals surface area contributed by atoms with E-state index in [9.17, 15) is 14.7 Å². The van der Waals surface area contributed by atoms with Crippen molar-refractivity contribution in [1.29, 1.82) is 0 Å². The smallest absolute Gasteiger partial charge is 0.407 e. The number of carbonyl (C=O) groups excluding carboxylic acids is 1. The summed E-state index contributed by atoms with van der Waals surface area (Å²) < 4.78 is 6.56. The standard InChI is InChI=1S/C35H40N6O4/c1-22-18-25(21-41(20-22)35(43)44)38-34-37-17-15-30(40-34)28-11-7-16-36-33(28)45-32-23(2)13-14-26-27(32)10-6-12-29(26)39-31(42)19-24-8-4-3-5-9-24/h6-7,10-17,22,24-25H,3-5,8-9,18-21H2,1-2H3,(H,39,42)(H,43,44)(H,37,38,40). The molecule has 10 heteroatoms. The van der Waals surface area contributed by atoms with Crippen LogP contribution in [0.3, 0.4) is 0 Å². The van der Waals surface area contributed by atoms with E-state index in [4.69, 9.17) is 9.72 Å². The molecule has 2 aromatic carbocycles. The predicted molar refractivity (Wildman–Crippen MR) is 175 cm³/mol. The summed E-state index contributed by atoms with van der Waals surface area (Å²) in [6.45, 7) is 4.93. The van der Waals surface area contributed by atoms with Gasteiger partial charge in [-0.3, -0.25) is 4.79 Å². The molecule has 1 aliphatic carbocycles. The van der Waals surface area contributed by atoms with E-state index in [0.717, 1.165) is 41.3 Å². The Labute approximate surface area is 263 Å². The zero-order valence-electron chi connectivity index (χ0n) is 25.8. The molecule has 2 aliphatic rings. The van der Waals surface area contributed by atoms with Crippen LogP contribution >= 0.6 is 0 Å². The maximum atomic E-state index is 13.0. The van der Waals surface area contributed by atoms with E-state index in [1.807, 2.05) is 56.3 Å². The number of aryl methyl sites for hydroxylation is 1. The second-order valence-electron chi connectivity index (χ2n) is 12.5. The number of pyridine rings is 1. The molecule has 2 fully saturated rings. The molecule has 234 valence electrons. The van der Waals surface area contributed by atoms with Crippen molar-refractivity contribution in [2.24, 2.45) is 11.8 Å². The number of piperidine rings is 1. The average Bonchev–Trinajstić information content (AvgIpc) is 3.03. The van der Waals surface area contributed by atoms with Gasteiger partial charge in [-0.15, -0.1) is 0 Å². The van der Waals surface area contributed by atoms with Crippen LogP contribution in [0.2, 0.25) is 0 Å². The zero-order chi connectivity index (χ0) is 31.3. The lowest BCUT2D eigenvalue weighted by molar-refractivity contribution is -0.117. The number of amides is 2. The van der Waals surface area contributed by atoms with E-state index in [1.54, 1.807) is 18.5 Å². The van der Waals surface area contributed by atoms with Gasteiger partial charge in [-0.25, -0.2) is 19.7 Å². The molecule has 0 bridgehead atoms. The van der Waals surface area contributed by atoms with Crippen LogP contribution in [-0.4, -0.2) is 56.1 Å². The molecule has 2 unspecified atom stereocenters. The minimum atomic E-state index is -0.919. The third-order valence-electron chi connectivity index (χ3n) is 8.85. The SMILES string of the molecule is Cc1ccc2c(NC(=O)CC3CCCCC3)cccc2c1Oc1ncccc1-c1ccnc(NC2CC(C)CN(C(=O)O)C2)n1. The van der Waals surface area contributed by atoms with E-state index >= 15 is 0 Å². The van der Waals surface area contributed by atoms with Crippen molar-refractivity contribution in [2.75, 3.05) is 23.7 Å². The first kappa shape index (κ1) is 30.3. The number of likely N-dealkylation sites (tertiary alicyclic amines) is 1. The molecule has 6 rings (SSSR count). The fourth-order valence-electron chi connectivity index (χ4n) is 6.68. The maximum Gasteiger partial charge on any atom is 0.407 e. The number of fused-ring (bicyclic) bond motifs is 1. The molecule has 45 heavy (non-hydrogen) atoms. The highest BCUT2D eigenvalue weighted by atomic mass is 16.5. The lowest BCUT2D eigenvalue weighted by Gasteiger charge is -2.35. The molecule has 2 amide bonds. The molecule has 2 aromatic heterocycles. The fourth-order valence-corrected chi connectivity index (χ4v) is 6.68. The first-order valence-corrected chi connectivity index (χ1v) is 15.9. The number of hydrogen-bond acceptors (Lipinski definition) is 7. The highest BCUT2D eigenvalue weighted by Gasteiger charge is 2.28. The Bertz CT molecular complexity index is 1690. The average molecular weight is 609 g/mol. The number of carbonyl (C=O) groups is 2. The van der Waals surface area contributed by atoms with Gasteiger partial charge in [-0.2, -0.15) is 0 Å². The van der Waals surface area contributed by atoms with Crippen molar-refractivity contribution in [1.82, 2.24) is 19.9 Å². The van der Waals surface area contributed by atoms with Crippen molar-refractivity contribution in [3.63, 3.8) is 0 Å². The molecule has 0 radical (unpaired) electrons. The van der Waals surface area contributed by atoms with Crippen LogP contribution in [0.15, 0.2) is 60.9 Å². The van der Waals surface area contributed by atoms with Crippen molar-refractivity contribution >= 4 is 34.4 Å². The van der Waals surface area contributed by atoms with E-state index in [2.05, 4.69) is 20.6 Å². The normalized spacial score (nSPS) is 18.8. The van der Waals surface area contributed by atoms with Gasteiger partial charge in [0.05, 0.1) is 11.3 Å². The quantitative estimate of drug-likeness (QED) is 0.187. The molecule has 1 aliphatic heterocycles. The van der Waals surface area contributed by atoms with E-state index in [0.29, 0.717) is 54.3 Å². The number of carboxylic acid groups (broad SMARTS) is 1. The largest absolute Gasteiger partial charge is 0.465 e. The summed E-state index contributed by atoms with van der Waals surface area (Å²) in [5.41, 5.74) is 3.03. The van der Waals surface area contributed by atoms with E-state index in [1.165, 1.54) is 24.2 Å². The Hall–Kier alpha value is -4.73. The van der Waals surface area contributed by atoms with Crippen LogP contribution in [0.25, 0.3) is 22.0 Å². The number of nitrogens with zero attached hydrogens (tertiary/aromatic N) is 4. The second kappa shape index (κ2) is 13.5. The Morgan fingerprint density at radius 1 is 0.978 bits per heavy atom. The summed E-state index contributed by atoms with van der Waals surface area (Å²) >= 11 is 0. The third kappa shape index (κ3) is 7.16. The van der Waals surface area contributed by atoms with Gasteiger partial charge < -0.3 is 25.4 Å². The van der Waals surface area contributed by atoms with Crippen LogP contribution in [0.1, 0.15) is 57.4 Å². The number of anilines is 2. The van der Waals surface area contributed by atoms with E-state index < -0.39 is 6.09 Å². The van der Waals surface area contributed by atoms with Crippen molar-refractivity contribution in [2.45, 2.75) is 64.8 Å². The van der Waals surface area contributed by atoms with Crippen molar-refractivity contribution in [3.8, 4) is 22.9 Å². The highest BCUT2D eigenvalue weighted by molar-refractivity contribution is 6.04. The van der Waals surface area contributed by atoms with E-state index in [-0.39, 0.29) is 17.9 Å². The third-order valence-corrected chi connectivity index (χ3v) is 8.85. The summed E-state index contributed by atoms with van der Waals surface area (Å²) in [6, 6.07) is 15.3. The molecule has 3 heterocycles. The van der Waals surface area contributed by atoms with Gasteiger partial charge in [-0.05, 0) is 67.9 Å². The van der Waals surface area contributed by atoms with Gasteiger partial charge in [-0.1, -0.05) is 50.5 Å². The minimum absolute atomic E-state index is 0.0518. The summed E-state index contributed by atoms with van der Waals surface area (Å²) in [4.78, 5) is 39.8. The van der Waals surface area contributed by atoms with Gasteiger partial charge >= 0.3 is 6.09 Å². The topological polar surface area (TPSA) is 130 Å². The van der Waals surface area contributed by atoms with Gasteiger partial charge in [0.1, 0.15) is 5.75 Å².